The van der Waals surface area contributed by atoms with Crippen LogP contribution in [0.4, 0.5) is 11.4 Å². The first-order valence-corrected chi connectivity index (χ1v) is 8.65. The maximum atomic E-state index is 11.5. The fourth-order valence-electron chi connectivity index (χ4n) is 2.85. The molecule has 5 nitrogen and oxygen atoms in total. The topological polar surface area (TPSA) is 55.0 Å². The van der Waals surface area contributed by atoms with Gasteiger partial charge in [-0.15, -0.1) is 0 Å². The standard InChI is InChI=1S/C21H22N2O3/c1-4-23(5-2)18-9-6-15-12-16(14-24)21(26-20(15)13-18)22-17-7-10-19(25-3)11-8-17/h6-14H,4-5H2,1-3H3. The molecule has 3 rings (SSSR count). The highest BCUT2D eigenvalue weighted by Gasteiger charge is 2.07. The SMILES string of the molecule is CCN(CC)c1ccc2cc(C=O)c(=Nc3ccc(OC)cc3)oc2c1. The van der Waals surface area contributed by atoms with Crippen molar-refractivity contribution in [2.45, 2.75) is 13.8 Å². The van der Waals surface area contributed by atoms with Crippen molar-refractivity contribution in [3.63, 3.8) is 0 Å². The summed E-state index contributed by atoms with van der Waals surface area (Å²) in [6, 6.07) is 15.1. The van der Waals surface area contributed by atoms with Gasteiger partial charge in [0, 0.05) is 30.2 Å². The highest BCUT2D eigenvalue weighted by Crippen LogP contribution is 2.22. The number of methoxy groups -OCH3 is 1. The van der Waals surface area contributed by atoms with Crippen LogP contribution in [0.15, 0.2) is 57.9 Å². The Hall–Kier alpha value is -3.08. The average molecular weight is 350 g/mol. The Balaban J connectivity index is 2.13. The molecule has 0 fully saturated rings. The second kappa shape index (κ2) is 7.87. The number of rotatable bonds is 6. The summed E-state index contributed by atoms with van der Waals surface area (Å²) in [5, 5.41) is 0.872. The number of fused-ring (bicyclic) bond motifs is 1. The van der Waals surface area contributed by atoms with E-state index in [1.807, 2.05) is 42.5 Å². The van der Waals surface area contributed by atoms with E-state index in [2.05, 4.69) is 23.7 Å². The number of aldehydes is 1. The first-order chi connectivity index (χ1) is 12.7. The van der Waals surface area contributed by atoms with Gasteiger partial charge in [0.2, 0.25) is 5.55 Å². The lowest BCUT2D eigenvalue weighted by atomic mass is 10.1. The molecule has 0 aliphatic rings. The van der Waals surface area contributed by atoms with Crippen molar-refractivity contribution in [1.82, 2.24) is 0 Å². The lowest BCUT2D eigenvalue weighted by molar-refractivity contribution is 0.112. The molecule has 0 saturated heterocycles. The van der Waals surface area contributed by atoms with Crippen molar-refractivity contribution in [2.75, 3.05) is 25.1 Å². The van der Waals surface area contributed by atoms with E-state index in [9.17, 15) is 4.79 Å². The third-order valence-corrected chi connectivity index (χ3v) is 4.32. The van der Waals surface area contributed by atoms with Crippen molar-refractivity contribution in [3.05, 3.63) is 59.6 Å². The summed E-state index contributed by atoms with van der Waals surface area (Å²) >= 11 is 0. The molecule has 0 unspecified atom stereocenters. The smallest absolute Gasteiger partial charge is 0.230 e. The number of hydrogen-bond acceptors (Lipinski definition) is 5. The first kappa shape index (κ1) is 17.7. The highest BCUT2D eigenvalue weighted by atomic mass is 16.5. The Morgan fingerprint density at radius 1 is 1.08 bits per heavy atom. The van der Waals surface area contributed by atoms with E-state index >= 15 is 0 Å². The van der Waals surface area contributed by atoms with Gasteiger partial charge in [0.15, 0.2) is 6.29 Å². The number of nitrogens with zero attached hydrogens (tertiary/aromatic N) is 2. The Kier molecular flexibility index (Phi) is 5.37. The molecule has 1 heterocycles. The van der Waals surface area contributed by atoms with Crippen LogP contribution in [-0.4, -0.2) is 26.5 Å². The van der Waals surface area contributed by atoms with Gasteiger partial charge in [0.05, 0.1) is 18.4 Å². The molecule has 0 aliphatic heterocycles. The first-order valence-electron chi connectivity index (χ1n) is 8.65. The normalized spacial score (nSPS) is 11.6. The van der Waals surface area contributed by atoms with Gasteiger partial charge in [-0.3, -0.25) is 4.79 Å². The molecule has 0 bridgehead atoms. The van der Waals surface area contributed by atoms with Crippen LogP contribution in [0.25, 0.3) is 11.0 Å². The molecule has 0 saturated carbocycles. The lowest BCUT2D eigenvalue weighted by Crippen LogP contribution is -2.21. The molecule has 1 aromatic heterocycles. The molecule has 0 atom stereocenters. The van der Waals surface area contributed by atoms with Gasteiger partial charge in [-0.25, -0.2) is 4.99 Å². The van der Waals surface area contributed by atoms with Gasteiger partial charge in [-0.1, -0.05) is 0 Å². The van der Waals surface area contributed by atoms with Gasteiger partial charge < -0.3 is 14.1 Å². The predicted octanol–water partition coefficient (Wildman–Crippen LogP) is 4.33. The zero-order chi connectivity index (χ0) is 18.5. The van der Waals surface area contributed by atoms with E-state index in [4.69, 9.17) is 9.15 Å². The van der Waals surface area contributed by atoms with E-state index in [1.54, 1.807) is 13.2 Å². The Morgan fingerprint density at radius 3 is 2.42 bits per heavy atom. The van der Waals surface area contributed by atoms with Gasteiger partial charge >= 0.3 is 0 Å². The number of hydrogen-bond donors (Lipinski definition) is 0. The van der Waals surface area contributed by atoms with E-state index < -0.39 is 0 Å². The minimum Gasteiger partial charge on any atom is -0.497 e. The van der Waals surface area contributed by atoms with Crippen molar-refractivity contribution in [1.29, 1.82) is 0 Å². The van der Waals surface area contributed by atoms with Crippen LogP contribution < -0.4 is 15.2 Å². The molecular formula is C21H22N2O3. The van der Waals surface area contributed by atoms with E-state index in [0.717, 1.165) is 36.2 Å². The van der Waals surface area contributed by atoms with Crippen molar-refractivity contribution < 1.29 is 13.9 Å². The Labute approximate surface area is 152 Å². The zero-order valence-electron chi connectivity index (χ0n) is 15.2. The second-order valence-electron chi connectivity index (χ2n) is 5.83. The molecular weight excluding hydrogens is 328 g/mol. The summed E-state index contributed by atoms with van der Waals surface area (Å²) < 4.78 is 11.1. The maximum Gasteiger partial charge on any atom is 0.230 e. The quantitative estimate of drug-likeness (QED) is 0.621. The van der Waals surface area contributed by atoms with E-state index in [0.29, 0.717) is 22.4 Å². The summed E-state index contributed by atoms with van der Waals surface area (Å²) in [6.45, 7) is 6.06. The number of ether oxygens (including phenoxy) is 1. The number of anilines is 1. The molecule has 5 heteroatoms. The summed E-state index contributed by atoms with van der Waals surface area (Å²) in [6.07, 6.45) is 0.767. The molecule has 0 radical (unpaired) electrons. The Bertz CT molecular complexity index is 971. The largest absolute Gasteiger partial charge is 0.497 e. The molecule has 0 aliphatic carbocycles. The molecule has 3 aromatic rings. The molecule has 0 spiro atoms. The Morgan fingerprint density at radius 2 is 1.81 bits per heavy atom. The zero-order valence-corrected chi connectivity index (χ0v) is 15.2. The monoisotopic (exact) mass is 350 g/mol. The predicted molar refractivity (Wildman–Crippen MR) is 103 cm³/mol. The van der Waals surface area contributed by atoms with Crippen molar-refractivity contribution in [2.24, 2.45) is 4.99 Å². The summed E-state index contributed by atoms with van der Waals surface area (Å²) in [4.78, 5) is 18.2. The van der Waals surface area contributed by atoms with Crippen LogP contribution in [0.2, 0.25) is 0 Å². The molecule has 26 heavy (non-hydrogen) atoms. The van der Waals surface area contributed by atoms with Crippen LogP contribution in [-0.2, 0) is 0 Å². The molecule has 2 aromatic carbocycles. The van der Waals surface area contributed by atoms with Crippen LogP contribution in [0.3, 0.4) is 0 Å². The van der Waals surface area contributed by atoms with Crippen LogP contribution in [0.1, 0.15) is 24.2 Å². The van der Waals surface area contributed by atoms with Crippen molar-refractivity contribution >= 4 is 28.6 Å². The van der Waals surface area contributed by atoms with Crippen LogP contribution in [0, 0.1) is 0 Å². The van der Waals surface area contributed by atoms with E-state index in [1.165, 1.54) is 0 Å². The third-order valence-electron chi connectivity index (χ3n) is 4.32. The van der Waals surface area contributed by atoms with Crippen LogP contribution in [0.5, 0.6) is 5.75 Å². The summed E-state index contributed by atoms with van der Waals surface area (Å²) in [7, 11) is 1.61. The number of carbonyl (C=O) groups excluding carboxylic acids is 1. The highest BCUT2D eigenvalue weighted by molar-refractivity contribution is 5.86. The summed E-state index contributed by atoms with van der Waals surface area (Å²) in [5.41, 5.74) is 3.20. The molecule has 0 N–H and O–H groups in total. The minimum absolute atomic E-state index is 0.300. The van der Waals surface area contributed by atoms with Gasteiger partial charge in [-0.05, 0) is 56.3 Å². The third kappa shape index (κ3) is 3.61. The summed E-state index contributed by atoms with van der Waals surface area (Å²) in [5.74, 6) is 0.749. The fraction of sp³-hybridized carbons (Fsp3) is 0.238. The fourth-order valence-corrected chi connectivity index (χ4v) is 2.85. The van der Waals surface area contributed by atoms with Gasteiger partial charge in [0.25, 0.3) is 0 Å². The molecule has 0 amide bonds. The van der Waals surface area contributed by atoms with Gasteiger partial charge in [-0.2, -0.15) is 0 Å². The minimum atomic E-state index is 0.300. The number of carbonyl (C=O) groups is 1. The molecule has 134 valence electrons. The van der Waals surface area contributed by atoms with E-state index in [-0.39, 0.29) is 0 Å². The lowest BCUT2D eigenvalue weighted by Gasteiger charge is -2.21. The van der Waals surface area contributed by atoms with Crippen molar-refractivity contribution in [3.8, 4) is 5.75 Å². The van der Waals surface area contributed by atoms with Crippen LogP contribution >= 0.6 is 0 Å². The maximum absolute atomic E-state index is 11.5. The van der Waals surface area contributed by atoms with Gasteiger partial charge in [0.1, 0.15) is 11.3 Å². The average Bonchev–Trinajstić information content (AvgIpc) is 2.69. The number of benzene rings is 2. The second-order valence-corrected chi connectivity index (χ2v) is 5.83.